The number of nitrogens with one attached hydrogen (secondary N) is 1. The minimum atomic E-state index is -0.281. The minimum Gasteiger partial charge on any atom is -0.395 e. The Morgan fingerprint density at radius 2 is 0.583 bits per heavy atom. The second kappa shape index (κ2) is 83.5. The zero-order chi connectivity index (χ0) is 101. The number of methoxy groups -OCH3 is 2. The Balaban J connectivity index is -0.000000694. The van der Waals surface area contributed by atoms with Crippen molar-refractivity contribution in [3.63, 3.8) is 0 Å². The van der Waals surface area contributed by atoms with E-state index in [0.717, 1.165) is 248 Å². The second-order valence-electron chi connectivity index (χ2n) is 38.6. The summed E-state index contributed by atoms with van der Waals surface area (Å²) in [6.45, 7) is 65.9. The van der Waals surface area contributed by atoms with Crippen molar-refractivity contribution < 1.29 is 67.9 Å². The van der Waals surface area contributed by atoms with Crippen molar-refractivity contribution in [2.45, 2.75) is 436 Å². The molecule has 0 aromatic rings. The summed E-state index contributed by atoms with van der Waals surface area (Å²) in [5.41, 5.74) is 0. The van der Waals surface area contributed by atoms with Gasteiger partial charge >= 0.3 is 0 Å². The summed E-state index contributed by atoms with van der Waals surface area (Å²) in [4.78, 5) is 109. The van der Waals surface area contributed by atoms with Crippen LogP contribution in [0.2, 0.25) is 0 Å². The van der Waals surface area contributed by atoms with Gasteiger partial charge in [-0.05, 0) is 293 Å². The predicted molar refractivity (Wildman–Crippen MR) is 554 cm³/mol. The molecule has 8 aliphatic carbocycles. The van der Waals surface area contributed by atoms with Gasteiger partial charge in [-0.2, -0.15) is 0 Å². The average molecular weight is 1880 g/mol. The number of hydrogen-bond donors (Lipinski definition) is 4. The van der Waals surface area contributed by atoms with Gasteiger partial charge in [-0.3, -0.25) is 38.4 Å². The first-order valence-electron chi connectivity index (χ1n) is 55.1. The van der Waals surface area contributed by atoms with Crippen LogP contribution in [0.3, 0.4) is 0 Å². The van der Waals surface area contributed by atoms with Crippen LogP contribution < -0.4 is 5.32 Å². The highest BCUT2D eigenvalue weighted by molar-refractivity contribution is 5.82. The van der Waals surface area contributed by atoms with Crippen molar-refractivity contribution in [2.24, 2.45) is 94.7 Å². The standard InChI is InChI=1S/2C13H23NO2.2C12H21NO2.C12H23NO.C11H21NO2.C11H21NO.C10H19NO2.8C2H6/c2*1-10-3-5-11(6-4-10)13(15)14-8-7-12(9-14)16-2;1-10-2-4-11(5-3-10)12(14)13-6-8-15-9-7-13;1-9-2-4-10(5-3-9)12(15)13-7-6-11(14)8-13;1-9(2)13(4)12(14)11-7-5-10(3)6-8-11;1-9-3-5-10(6-4-9)11(14)12(2)7-8-13;1-4-12(3)11(13)10-7-5-9(2)6-8-10;1-8-2-4-9(5-3-8)10(13)11-6-7-12;8*1-2/h2*10-12H,3-9H2,1-2H3;10-11H,2-9H2,1H3;9-11,14H,2-8H2,1H3;9-11H,5-8H2,1-4H3;9-10,13H,3-8H2,1-2H3;9-10H,4-8H2,1-3H3;8-9,12H,2-7H2,1H3,(H,11,13);8*1-2H3/t2*10?,11?,12-;;9?,10?,11-;;;;;;;;;;;;/m10.0............/s1. The molecule has 0 radical (unpaired) electrons. The highest BCUT2D eigenvalue weighted by Gasteiger charge is 2.38. The first-order chi connectivity index (χ1) is 63.4. The van der Waals surface area contributed by atoms with E-state index >= 15 is 0 Å². The minimum absolute atomic E-state index is 0.0366. The Kier molecular flexibility index (Phi) is 84.6. The van der Waals surface area contributed by atoms with Crippen molar-refractivity contribution in [2.75, 3.05) is 134 Å². The number of carbonyl (C=O) groups excluding carboxylic acids is 8. The summed E-state index contributed by atoms with van der Waals surface area (Å²) in [7, 11) is 9.07. The third-order valence-corrected chi connectivity index (χ3v) is 28.5. The van der Waals surface area contributed by atoms with Crippen molar-refractivity contribution in [3.05, 3.63) is 0 Å². The molecule has 8 amide bonds. The molecule has 0 spiro atoms. The molecule has 4 aliphatic heterocycles. The molecule has 8 saturated carbocycles. The largest absolute Gasteiger partial charge is 0.395 e. The zero-order valence-corrected chi connectivity index (χ0v) is 92.4. The van der Waals surface area contributed by atoms with Gasteiger partial charge in [-0.1, -0.05) is 166 Å². The summed E-state index contributed by atoms with van der Waals surface area (Å²) in [5, 5.41) is 29.4. The van der Waals surface area contributed by atoms with Crippen LogP contribution in [-0.2, 0) is 52.6 Å². The van der Waals surface area contributed by atoms with Crippen LogP contribution in [0.25, 0.3) is 0 Å². The van der Waals surface area contributed by atoms with E-state index in [0.29, 0.717) is 90.7 Å². The van der Waals surface area contributed by atoms with E-state index in [1.54, 1.807) is 26.2 Å². The highest BCUT2D eigenvalue weighted by Crippen LogP contribution is 2.37. The second-order valence-corrected chi connectivity index (χ2v) is 38.6. The fraction of sp³-hybridized carbons (Fsp3) is 0.927. The van der Waals surface area contributed by atoms with Crippen molar-refractivity contribution in [3.8, 4) is 0 Å². The monoisotopic (exact) mass is 1880 g/mol. The molecular weight excluding hydrogens is 1660 g/mol. The molecule has 12 fully saturated rings. The van der Waals surface area contributed by atoms with Crippen LogP contribution in [0, 0.1) is 94.7 Å². The van der Waals surface area contributed by atoms with Crippen molar-refractivity contribution >= 4 is 47.3 Å². The van der Waals surface area contributed by atoms with Crippen LogP contribution in [0.15, 0.2) is 0 Å². The molecule has 22 heteroatoms. The zero-order valence-electron chi connectivity index (χ0n) is 92.4. The van der Waals surface area contributed by atoms with Gasteiger partial charge in [0, 0.05) is 161 Å². The number of likely N-dealkylation sites (tertiary alicyclic amines) is 3. The number of nitrogens with zero attached hydrogens (tertiary/aromatic N) is 7. The first kappa shape index (κ1) is 134. The smallest absolute Gasteiger partial charge is 0.225 e. The van der Waals surface area contributed by atoms with Crippen molar-refractivity contribution in [1.82, 2.24) is 39.6 Å². The van der Waals surface area contributed by atoms with E-state index in [1.165, 1.54) is 89.9 Å². The predicted octanol–water partition coefficient (Wildman–Crippen LogP) is 22.6. The van der Waals surface area contributed by atoms with E-state index in [9.17, 15) is 43.5 Å². The number of morpholine rings is 1. The molecule has 4 N–H and O–H groups in total. The van der Waals surface area contributed by atoms with Crippen molar-refractivity contribution in [1.29, 1.82) is 0 Å². The molecule has 12 rings (SSSR count). The van der Waals surface area contributed by atoms with Crippen LogP contribution in [0.4, 0.5) is 0 Å². The van der Waals surface area contributed by atoms with Crippen LogP contribution in [0.5, 0.6) is 0 Å². The van der Waals surface area contributed by atoms with E-state index in [4.69, 9.17) is 24.4 Å². The van der Waals surface area contributed by atoms with E-state index in [2.05, 4.69) is 74.6 Å². The van der Waals surface area contributed by atoms with Gasteiger partial charge < -0.3 is 69.1 Å². The molecule has 0 bridgehead atoms. The lowest BCUT2D eigenvalue weighted by atomic mass is 9.82. The van der Waals surface area contributed by atoms with E-state index in [1.807, 2.05) is 161 Å². The maximum absolute atomic E-state index is 12.2. The number of rotatable bonds is 16. The Morgan fingerprint density at radius 1 is 0.333 bits per heavy atom. The normalized spacial score (nSPS) is 28.3. The summed E-state index contributed by atoms with van der Waals surface area (Å²) in [6, 6.07) is 0.335. The molecule has 12 aliphatic rings. The fourth-order valence-electron chi connectivity index (χ4n) is 19.0. The SMILES string of the molecule is CC.CC.CC.CC.CC.CC.CC.CC.CC1CCC(C(=O)N(C)C(C)C)CC1.CC1CCC(C(=O)N(C)CCO)CC1.CC1CCC(C(=O)N2CCOCC2)CC1.CC1CCC(C(=O)N2CC[C@H](O)C2)CC1.CC1CCC(C(=O)NCCO)CC1.CCN(C)C(=O)C1CCC(C)CC1.CO[C@@H]1CCN(C(=O)C2CCC(C)CC2)C1.CO[C@H]1CCN(C(=O)C2CCC(C)CC2)C1. The summed E-state index contributed by atoms with van der Waals surface area (Å²) in [5.74, 6) is 11.1. The number of hydrogen-bond acceptors (Lipinski definition) is 14. The Bertz CT molecular complexity index is 2660. The van der Waals surface area contributed by atoms with Crippen LogP contribution in [-0.4, -0.2) is 255 Å². The number of amides is 8. The van der Waals surface area contributed by atoms with E-state index < -0.39 is 0 Å². The topological polar surface area (TPSA) is 260 Å². The highest BCUT2D eigenvalue weighted by atomic mass is 16.5. The molecule has 3 atom stereocenters. The number of ether oxygens (including phenoxy) is 3. The fourth-order valence-corrected chi connectivity index (χ4v) is 19.0. The quantitative estimate of drug-likeness (QED) is 0.112. The van der Waals surface area contributed by atoms with Crippen LogP contribution >= 0.6 is 0 Å². The molecule has 4 heterocycles. The number of β-amino-alcohol motifs (C(OH)–C–C–N with tert-alkyl or cyclic N) is 1. The molecule has 0 aromatic heterocycles. The lowest BCUT2D eigenvalue weighted by molar-refractivity contribution is -0.141. The van der Waals surface area contributed by atoms with Gasteiger partial charge in [0.2, 0.25) is 47.3 Å². The van der Waals surface area contributed by atoms with Gasteiger partial charge in [0.25, 0.3) is 0 Å². The average Bonchev–Trinajstić information content (AvgIpc) is 1.25. The molecular formula is C110H220N8O14. The maximum Gasteiger partial charge on any atom is 0.225 e. The lowest BCUT2D eigenvalue weighted by Gasteiger charge is -2.33. The third kappa shape index (κ3) is 55.3. The van der Waals surface area contributed by atoms with Gasteiger partial charge in [-0.25, -0.2) is 0 Å². The number of carbonyl (C=O) groups is 8. The summed E-state index contributed by atoms with van der Waals surface area (Å²) >= 11 is 0. The number of likely N-dealkylation sites (N-methyl/N-ethyl adjacent to an activating group) is 1. The third-order valence-electron chi connectivity index (χ3n) is 28.5. The van der Waals surface area contributed by atoms with Gasteiger partial charge in [0.05, 0.1) is 44.7 Å². The van der Waals surface area contributed by atoms with Gasteiger partial charge in [-0.15, -0.1) is 0 Å². The molecule has 22 nitrogen and oxygen atoms in total. The molecule has 0 unspecified atom stereocenters. The van der Waals surface area contributed by atoms with E-state index in [-0.39, 0.29) is 61.1 Å². The van der Waals surface area contributed by atoms with Gasteiger partial charge in [0.1, 0.15) is 0 Å². The molecule has 132 heavy (non-hydrogen) atoms. The summed E-state index contributed by atoms with van der Waals surface area (Å²) < 4.78 is 15.9. The van der Waals surface area contributed by atoms with Crippen LogP contribution in [0.1, 0.15) is 412 Å². The lowest BCUT2D eigenvalue weighted by Crippen LogP contribution is -2.44. The Labute approximate surface area is 814 Å². The molecule has 4 saturated heterocycles. The molecule has 784 valence electrons. The Hall–Kier alpha value is -4.48. The maximum atomic E-state index is 12.2. The number of aliphatic hydroxyl groups is 3. The van der Waals surface area contributed by atoms with Gasteiger partial charge in [0.15, 0.2) is 0 Å². The Morgan fingerprint density at radius 3 is 0.826 bits per heavy atom. The summed E-state index contributed by atoms with van der Waals surface area (Å²) in [6.07, 6.45) is 39.4. The number of aliphatic hydroxyl groups excluding tert-OH is 3. The first-order valence-corrected chi connectivity index (χ1v) is 55.1. The molecule has 0 aromatic carbocycles.